The number of benzene rings is 1. The third-order valence-electron chi connectivity index (χ3n) is 4.59. The molecule has 1 aliphatic rings. The Labute approximate surface area is 136 Å². The Hall–Kier alpha value is -0.730. The zero-order valence-corrected chi connectivity index (χ0v) is 14.2. The van der Waals surface area contributed by atoms with E-state index in [1.54, 1.807) is 0 Å². The van der Waals surface area contributed by atoms with E-state index in [9.17, 15) is 0 Å². The Morgan fingerprint density at radius 2 is 2.19 bits per heavy atom. The molecule has 1 aliphatic carbocycles. The Bertz CT molecular complexity index is 633. The summed E-state index contributed by atoms with van der Waals surface area (Å²) in [6.45, 7) is 5.32. The molecule has 0 amide bonds. The fourth-order valence-electron chi connectivity index (χ4n) is 3.63. The molecule has 21 heavy (non-hydrogen) atoms. The van der Waals surface area contributed by atoms with Gasteiger partial charge in [-0.2, -0.15) is 0 Å². The summed E-state index contributed by atoms with van der Waals surface area (Å²) < 4.78 is 2.26. The van der Waals surface area contributed by atoms with Crippen LogP contribution in [-0.4, -0.2) is 9.55 Å². The van der Waals surface area contributed by atoms with Gasteiger partial charge in [0, 0.05) is 6.54 Å². The van der Waals surface area contributed by atoms with Crippen LogP contribution in [0.3, 0.4) is 0 Å². The number of fused-ring (bicyclic) bond motifs is 1. The molecule has 1 saturated carbocycles. The Morgan fingerprint density at radius 3 is 2.90 bits per heavy atom. The van der Waals surface area contributed by atoms with Crippen LogP contribution in [0.1, 0.15) is 50.7 Å². The Morgan fingerprint density at radius 1 is 1.38 bits per heavy atom. The highest BCUT2D eigenvalue weighted by Crippen LogP contribution is 2.34. The molecule has 0 saturated heterocycles. The minimum atomic E-state index is -0.102. The van der Waals surface area contributed by atoms with Gasteiger partial charge in [0.05, 0.1) is 21.4 Å². The summed E-state index contributed by atoms with van der Waals surface area (Å²) in [5, 5.41) is 0.668. The van der Waals surface area contributed by atoms with Crippen molar-refractivity contribution >= 4 is 34.2 Å². The van der Waals surface area contributed by atoms with Gasteiger partial charge in [0.2, 0.25) is 0 Å². The van der Waals surface area contributed by atoms with Crippen LogP contribution < -0.4 is 0 Å². The first-order valence-corrected chi connectivity index (χ1v) is 8.66. The van der Waals surface area contributed by atoms with Crippen LogP contribution in [0.15, 0.2) is 18.2 Å². The van der Waals surface area contributed by atoms with E-state index in [0.717, 1.165) is 34.3 Å². The molecule has 1 aromatic carbocycles. The van der Waals surface area contributed by atoms with Gasteiger partial charge >= 0.3 is 0 Å². The smallest absolute Gasteiger partial charge is 0.127 e. The van der Waals surface area contributed by atoms with Gasteiger partial charge < -0.3 is 4.57 Å². The number of para-hydroxylation sites is 1. The van der Waals surface area contributed by atoms with E-state index in [4.69, 9.17) is 28.2 Å². The maximum Gasteiger partial charge on any atom is 0.127 e. The molecule has 2 nitrogen and oxygen atoms in total. The zero-order chi connectivity index (χ0) is 15.0. The fourth-order valence-corrected chi connectivity index (χ4v) is 4.07. The summed E-state index contributed by atoms with van der Waals surface area (Å²) in [5.41, 5.74) is 1.99. The highest BCUT2D eigenvalue weighted by Gasteiger charge is 2.23. The van der Waals surface area contributed by atoms with Gasteiger partial charge in [-0.3, -0.25) is 0 Å². The number of imidazole rings is 1. The first kappa shape index (κ1) is 15.2. The van der Waals surface area contributed by atoms with Crippen LogP contribution in [0.4, 0.5) is 0 Å². The second-order valence-corrected chi connectivity index (χ2v) is 7.50. The molecule has 114 valence electrons. The average Bonchev–Trinajstić information content (AvgIpc) is 2.79. The Kier molecular flexibility index (Phi) is 4.46. The second kappa shape index (κ2) is 6.18. The van der Waals surface area contributed by atoms with Crippen molar-refractivity contribution in [2.45, 2.75) is 51.5 Å². The number of aromatic nitrogens is 2. The average molecular weight is 325 g/mol. The van der Waals surface area contributed by atoms with E-state index in [1.807, 2.05) is 25.1 Å². The highest BCUT2D eigenvalue weighted by atomic mass is 35.5. The summed E-state index contributed by atoms with van der Waals surface area (Å²) in [6.07, 6.45) is 5.28. The van der Waals surface area contributed by atoms with Gasteiger partial charge in [-0.05, 0) is 43.7 Å². The van der Waals surface area contributed by atoms with E-state index >= 15 is 0 Å². The van der Waals surface area contributed by atoms with E-state index < -0.39 is 0 Å². The molecule has 4 heteroatoms. The van der Waals surface area contributed by atoms with Gasteiger partial charge in [0.25, 0.3) is 0 Å². The van der Waals surface area contributed by atoms with Crippen molar-refractivity contribution < 1.29 is 0 Å². The third kappa shape index (κ3) is 3.07. The van der Waals surface area contributed by atoms with Crippen molar-refractivity contribution in [1.29, 1.82) is 0 Å². The lowest BCUT2D eigenvalue weighted by Crippen LogP contribution is -2.20. The lowest BCUT2D eigenvalue weighted by Gasteiger charge is -2.28. The quantitative estimate of drug-likeness (QED) is 0.651. The molecular formula is C17H22Cl2N2. The monoisotopic (exact) mass is 324 g/mol. The molecule has 0 bridgehead atoms. The summed E-state index contributed by atoms with van der Waals surface area (Å²) in [6, 6.07) is 5.91. The molecule has 3 atom stereocenters. The molecular weight excluding hydrogens is 303 g/mol. The summed E-state index contributed by atoms with van der Waals surface area (Å²) in [5.74, 6) is 2.47. The van der Waals surface area contributed by atoms with Gasteiger partial charge in [-0.1, -0.05) is 37.4 Å². The number of alkyl halides is 1. The highest BCUT2D eigenvalue weighted by molar-refractivity contribution is 6.35. The normalized spacial score (nSPS) is 24.4. The molecule has 3 unspecified atom stereocenters. The van der Waals surface area contributed by atoms with E-state index in [1.165, 1.54) is 25.7 Å². The van der Waals surface area contributed by atoms with Gasteiger partial charge in [0.15, 0.2) is 0 Å². The van der Waals surface area contributed by atoms with Crippen LogP contribution in [0, 0.1) is 11.8 Å². The summed E-state index contributed by atoms with van der Waals surface area (Å²) in [4.78, 5) is 4.70. The van der Waals surface area contributed by atoms with Gasteiger partial charge in [-0.25, -0.2) is 4.98 Å². The molecule has 0 spiro atoms. The molecule has 1 aromatic heterocycles. The zero-order valence-electron chi connectivity index (χ0n) is 12.6. The molecule has 2 aromatic rings. The lowest BCUT2D eigenvalue weighted by atomic mass is 9.82. The van der Waals surface area contributed by atoms with Crippen molar-refractivity contribution in [2.24, 2.45) is 11.8 Å². The van der Waals surface area contributed by atoms with Crippen LogP contribution in [0.5, 0.6) is 0 Å². The maximum atomic E-state index is 6.42. The molecule has 0 radical (unpaired) electrons. The number of halogens is 2. The number of hydrogen-bond donors (Lipinski definition) is 0. The van der Waals surface area contributed by atoms with E-state index in [-0.39, 0.29) is 5.38 Å². The third-order valence-corrected chi connectivity index (χ3v) is 5.09. The molecule has 0 aliphatic heterocycles. The largest absolute Gasteiger partial charge is 0.325 e. The van der Waals surface area contributed by atoms with Crippen molar-refractivity contribution in [2.75, 3.05) is 0 Å². The first-order chi connectivity index (χ1) is 10.1. The number of hydrogen-bond acceptors (Lipinski definition) is 1. The van der Waals surface area contributed by atoms with Crippen LogP contribution in [0.25, 0.3) is 11.0 Å². The predicted molar refractivity (Wildman–Crippen MR) is 90.1 cm³/mol. The van der Waals surface area contributed by atoms with Crippen molar-refractivity contribution in [3.63, 3.8) is 0 Å². The summed E-state index contributed by atoms with van der Waals surface area (Å²) >= 11 is 12.8. The molecule has 3 rings (SSSR count). The van der Waals surface area contributed by atoms with Crippen LogP contribution >= 0.6 is 23.2 Å². The van der Waals surface area contributed by atoms with Gasteiger partial charge in [0.1, 0.15) is 5.82 Å². The minimum absolute atomic E-state index is 0.102. The number of nitrogens with zero attached hydrogens (tertiary/aromatic N) is 2. The molecule has 0 N–H and O–H groups in total. The van der Waals surface area contributed by atoms with E-state index in [2.05, 4.69) is 11.5 Å². The fraction of sp³-hybridized carbons (Fsp3) is 0.588. The van der Waals surface area contributed by atoms with Crippen LogP contribution in [-0.2, 0) is 6.54 Å². The predicted octanol–water partition coefficient (Wildman–Crippen LogP) is 5.82. The molecule has 1 heterocycles. The maximum absolute atomic E-state index is 6.42. The van der Waals surface area contributed by atoms with Crippen molar-refractivity contribution in [3.8, 4) is 0 Å². The van der Waals surface area contributed by atoms with Gasteiger partial charge in [-0.15, -0.1) is 11.6 Å². The number of rotatable bonds is 3. The second-order valence-electron chi connectivity index (χ2n) is 6.44. The standard InChI is InChI=1S/C17H22Cl2N2/c1-11-5-3-6-13(9-11)10-21-16-14(19)7-4-8-15(16)20-17(21)12(2)18/h4,7-8,11-13H,3,5-6,9-10H2,1-2H3. The first-order valence-electron chi connectivity index (χ1n) is 7.85. The minimum Gasteiger partial charge on any atom is -0.325 e. The molecule has 1 fully saturated rings. The topological polar surface area (TPSA) is 17.8 Å². The summed E-state index contributed by atoms with van der Waals surface area (Å²) in [7, 11) is 0. The van der Waals surface area contributed by atoms with Crippen molar-refractivity contribution in [3.05, 3.63) is 29.0 Å². The Balaban J connectivity index is 2.00. The lowest BCUT2D eigenvalue weighted by molar-refractivity contribution is 0.257. The van der Waals surface area contributed by atoms with Crippen LogP contribution in [0.2, 0.25) is 5.02 Å². The SMILES string of the molecule is CC1CCCC(Cn2c(C(C)Cl)nc3cccc(Cl)c32)C1. The van der Waals surface area contributed by atoms with E-state index in [0.29, 0.717) is 5.92 Å². The van der Waals surface area contributed by atoms with Crippen molar-refractivity contribution in [1.82, 2.24) is 9.55 Å².